The van der Waals surface area contributed by atoms with Gasteiger partial charge in [0.05, 0.1) is 17.4 Å². The van der Waals surface area contributed by atoms with Crippen LogP contribution in [0, 0.1) is 11.8 Å². The normalized spacial score (nSPS) is 25.2. The van der Waals surface area contributed by atoms with Crippen LogP contribution in [-0.4, -0.2) is 40.4 Å². The minimum atomic E-state index is -4.45. The molecule has 1 aliphatic heterocycles. The van der Waals surface area contributed by atoms with Gasteiger partial charge in [0.1, 0.15) is 0 Å². The number of benzene rings is 1. The van der Waals surface area contributed by atoms with E-state index in [4.69, 9.17) is 5.11 Å². The number of aliphatic carboxylic acids is 1. The van der Waals surface area contributed by atoms with E-state index in [2.05, 4.69) is 5.32 Å². The summed E-state index contributed by atoms with van der Waals surface area (Å²) in [5.41, 5.74) is -0.429. The lowest BCUT2D eigenvalue weighted by atomic mass is 9.80. The highest BCUT2D eigenvalue weighted by Gasteiger charge is 2.39. The van der Waals surface area contributed by atoms with Gasteiger partial charge in [-0.1, -0.05) is 12.1 Å². The number of carboxylic acids is 1. The van der Waals surface area contributed by atoms with Crippen LogP contribution in [0.15, 0.2) is 24.3 Å². The fraction of sp³-hybridized carbons (Fsp3) is 0.500. The van der Waals surface area contributed by atoms with Crippen LogP contribution in [0.4, 0.5) is 13.2 Å². The summed E-state index contributed by atoms with van der Waals surface area (Å²) < 4.78 is 38.4. The highest BCUT2D eigenvalue weighted by atomic mass is 19.4. The lowest BCUT2D eigenvalue weighted by molar-refractivity contribution is -0.146. The molecule has 0 aromatic heterocycles. The molecule has 0 spiro atoms. The quantitative estimate of drug-likeness (QED) is 0.813. The number of hydrogen-bond acceptors (Lipinski definition) is 3. The molecule has 2 aliphatic rings. The molecule has 1 heterocycles. The second-order valence-electron chi connectivity index (χ2n) is 7.09. The standard InChI is InChI=1S/C18H19F3N2O4/c19-18(20,21)13-3-1-2-10(4-13)8-23-9-12(7-15(23)24)16(25)22-14-5-11(6-14)17(26)27/h1-4,11-12,14H,5-9H2,(H,22,25)(H,26,27). The number of carboxylic acid groups (broad SMARTS) is 1. The predicted molar refractivity (Wildman–Crippen MR) is 87.3 cm³/mol. The van der Waals surface area contributed by atoms with E-state index in [-0.39, 0.29) is 37.4 Å². The first-order chi connectivity index (χ1) is 12.6. The van der Waals surface area contributed by atoms with E-state index in [0.29, 0.717) is 18.4 Å². The molecule has 1 saturated heterocycles. The molecule has 1 aromatic carbocycles. The Morgan fingerprint density at radius 3 is 2.56 bits per heavy atom. The summed E-state index contributed by atoms with van der Waals surface area (Å²) in [6.07, 6.45) is -3.71. The Kier molecular flexibility index (Phi) is 5.12. The van der Waals surface area contributed by atoms with E-state index >= 15 is 0 Å². The van der Waals surface area contributed by atoms with Crippen LogP contribution >= 0.6 is 0 Å². The van der Waals surface area contributed by atoms with E-state index in [0.717, 1.165) is 12.1 Å². The number of halogens is 3. The zero-order valence-electron chi connectivity index (χ0n) is 14.3. The maximum atomic E-state index is 12.8. The molecule has 1 aromatic rings. The van der Waals surface area contributed by atoms with E-state index in [1.165, 1.54) is 17.0 Å². The molecule has 9 heteroatoms. The van der Waals surface area contributed by atoms with Gasteiger partial charge in [0, 0.05) is 25.6 Å². The average molecular weight is 384 g/mol. The number of rotatable bonds is 5. The third kappa shape index (κ3) is 4.40. The van der Waals surface area contributed by atoms with Gasteiger partial charge >= 0.3 is 12.1 Å². The second-order valence-corrected chi connectivity index (χ2v) is 7.09. The van der Waals surface area contributed by atoms with Crippen LogP contribution in [0.3, 0.4) is 0 Å². The van der Waals surface area contributed by atoms with Crippen molar-refractivity contribution in [3.8, 4) is 0 Å². The van der Waals surface area contributed by atoms with Gasteiger partial charge in [-0.15, -0.1) is 0 Å². The van der Waals surface area contributed by atoms with E-state index < -0.39 is 29.5 Å². The summed E-state index contributed by atoms with van der Waals surface area (Å²) in [6.45, 7) is 0.146. The Labute approximate surface area is 153 Å². The lowest BCUT2D eigenvalue weighted by Gasteiger charge is -2.33. The molecular weight excluding hydrogens is 365 g/mol. The van der Waals surface area contributed by atoms with E-state index in [1.807, 2.05) is 0 Å². The number of carbonyl (C=O) groups excluding carboxylic acids is 2. The minimum absolute atomic E-state index is 0.000125. The van der Waals surface area contributed by atoms with Crippen LogP contribution in [0.2, 0.25) is 0 Å². The number of nitrogens with one attached hydrogen (secondary N) is 1. The molecule has 1 aliphatic carbocycles. The van der Waals surface area contributed by atoms with Crippen LogP contribution in [-0.2, 0) is 27.1 Å². The first-order valence-electron chi connectivity index (χ1n) is 8.60. The van der Waals surface area contributed by atoms with Crippen molar-refractivity contribution in [2.24, 2.45) is 11.8 Å². The van der Waals surface area contributed by atoms with Crippen LogP contribution in [0.5, 0.6) is 0 Å². The van der Waals surface area contributed by atoms with Crippen molar-refractivity contribution in [3.63, 3.8) is 0 Å². The number of carbonyl (C=O) groups is 3. The van der Waals surface area contributed by atoms with Gasteiger partial charge in [-0.05, 0) is 30.5 Å². The maximum absolute atomic E-state index is 12.8. The van der Waals surface area contributed by atoms with Crippen LogP contribution in [0.1, 0.15) is 30.4 Å². The van der Waals surface area contributed by atoms with Gasteiger partial charge in [0.2, 0.25) is 11.8 Å². The molecular formula is C18H19F3N2O4. The van der Waals surface area contributed by atoms with Crippen molar-refractivity contribution >= 4 is 17.8 Å². The van der Waals surface area contributed by atoms with Crippen molar-refractivity contribution < 1.29 is 32.7 Å². The molecule has 27 heavy (non-hydrogen) atoms. The fourth-order valence-corrected chi connectivity index (χ4v) is 3.42. The molecule has 1 saturated carbocycles. The summed E-state index contributed by atoms with van der Waals surface area (Å²) in [7, 11) is 0. The average Bonchev–Trinajstić information content (AvgIpc) is 2.90. The second kappa shape index (κ2) is 7.21. The molecule has 2 N–H and O–H groups in total. The Morgan fingerprint density at radius 2 is 1.93 bits per heavy atom. The Morgan fingerprint density at radius 1 is 1.22 bits per heavy atom. The molecule has 146 valence electrons. The van der Waals surface area contributed by atoms with Crippen LogP contribution < -0.4 is 5.32 Å². The smallest absolute Gasteiger partial charge is 0.416 e. The van der Waals surface area contributed by atoms with Crippen molar-refractivity contribution in [2.45, 2.75) is 38.0 Å². The maximum Gasteiger partial charge on any atom is 0.416 e. The summed E-state index contributed by atoms with van der Waals surface area (Å²) in [6, 6.07) is 4.57. The molecule has 2 fully saturated rings. The largest absolute Gasteiger partial charge is 0.481 e. The van der Waals surface area contributed by atoms with Gasteiger partial charge < -0.3 is 15.3 Å². The molecule has 2 amide bonds. The summed E-state index contributed by atoms with van der Waals surface area (Å²) in [5, 5.41) is 11.6. The predicted octanol–water partition coefficient (Wildman–Crippen LogP) is 2.03. The number of amides is 2. The van der Waals surface area contributed by atoms with Gasteiger partial charge in [-0.25, -0.2) is 0 Å². The van der Waals surface area contributed by atoms with E-state index in [1.54, 1.807) is 0 Å². The minimum Gasteiger partial charge on any atom is -0.481 e. The molecule has 3 rings (SSSR count). The van der Waals surface area contributed by atoms with Crippen LogP contribution in [0.25, 0.3) is 0 Å². The third-order valence-electron chi connectivity index (χ3n) is 5.05. The molecule has 1 atom stereocenters. The molecule has 0 bridgehead atoms. The van der Waals surface area contributed by atoms with Crippen molar-refractivity contribution in [3.05, 3.63) is 35.4 Å². The van der Waals surface area contributed by atoms with Gasteiger partial charge in [0.25, 0.3) is 0 Å². The Balaban J connectivity index is 1.55. The summed E-state index contributed by atoms with van der Waals surface area (Å²) in [4.78, 5) is 36.6. The molecule has 1 unspecified atom stereocenters. The number of hydrogen-bond donors (Lipinski definition) is 2. The van der Waals surface area contributed by atoms with Crippen molar-refractivity contribution in [1.29, 1.82) is 0 Å². The summed E-state index contributed by atoms with van der Waals surface area (Å²) in [5.74, 6) is -2.51. The topological polar surface area (TPSA) is 86.7 Å². The van der Waals surface area contributed by atoms with Crippen molar-refractivity contribution in [2.75, 3.05) is 6.54 Å². The Hall–Kier alpha value is -2.58. The molecule has 6 nitrogen and oxygen atoms in total. The highest BCUT2D eigenvalue weighted by molar-refractivity contribution is 5.89. The zero-order chi connectivity index (χ0) is 19.8. The number of likely N-dealkylation sites (tertiary alicyclic amines) is 1. The third-order valence-corrected chi connectivity index (χ3v) is 5.05. The van der Waals surface area contributed by atoms with E-state index in [9.17, 15) is 27.6 Å². The Bertz CT molecular complexity index is 759. The number of alkyl halides is 3. The first kappa shape index (κ1) is 19.2. The van der Waals surface area contributed by atoms with Gasteiger partial charge in [-0.2, -0.15) is 13.2 Å². The SMILES string of the molecule is O=C(O)C1CC(NC(=O)C2CC(=O)N(Cc3cccc(C(F)(F)F)c3)C2)C1. The summed E-state index contributed by atoms with van der Waals surface area (Å²) >= 11 is 0. The monoisotopic (exact) mass is 384 g/mol. The lowest BCUT2D eigenvalue weighted by Crippen LogP contribution is -2.48. The van der Waals surface area contributed by atoms with Gasteiger partial charge in [0.15, 0.2) is 0 Å². The first-order valence-corrected chi connectivity index (χ1v) is 8.60. The van der Waals surface area contributed by atoms with Crippen molar-refractivity contribution in [1.82, 2.24) is 10.2 Å². The number of nitrogens with zero attached hydrogens (tertiary/aromatic N) is 1. The fourth-order valence-electron chi connectivity index (χ4n) is 3.42. The molecule has 0 radical (unpaired) electrons. The zero-order valence-corrected chi connectivity index (χ0v) is 14.3. The highest BCUT2D eigenvalue weighted by Crippen LogP contribution is 2.31. The van der Waals surface area contributed by atoms with Gasteiger partial charge in [-0.3, -0.25) is 14.4 Å².